The quantitative estimate of drug-likeness (QED) is 0.749. The van der Waals surface area contributed by atoms with Crippen LogP contribution in [0.15, 0.2) is 48.5 Å². The maximum atomic E-state index is 13.7. The smallest absolute Gasteiger partial charge is 0.171 e. The van der Waals surface area contributed by atoms with Gasteiger partial charge in [-0.2, -0.15) is 0 Å². The topological polar surface area (TPSA) is 24.1 Å². The van der Waals surface area contributed by atoms with Crippen LogP contribution in [0.25, 0.3) is 0 Å². The Kier molecular flexibility index (Phi) is 6.04. The van der Waals surface area contributed by atoms with E-state index in [4.69, 9.17) is 12.2 Å². The maximum absolute atomic E-state index is 13.7. The highest BCUT2D eigenvalue weighted by atomic mass is 32.1. The molecule has 2 rings (SSSR count). The zero-order valence-electron chi connectivity index (χ0n) is 13.1. The third-order valence-electron chi connectivity index (χ3n) is 3.39. The first-order chi connectivity index (χ1) is 11.0. The van der Waals surface area contributed by atoms with Crippen LogP contribution in [0.1, 0.15) is 31.9 Å². The SMILES string of the molecule is CC(C)CC(NC(=S)Nc1ccc(F)cc1F)c1ccccc1. The van der Waals surface area contributed by atoms with Crippen LogP contribution < -0.4 is 10.6 Å². The second-order valence-corrected chi connectivity index (χ2v) is 6.22. The molecule has 0 aromatic heterocycles. The zero-order chi connectivity index (χ0) is 16.8. The highest BCUT2D eigenvalue weighted by Crippen LogP contribution is 2.22. The summed E-state index contributed by atoms with van der Waals surface area (Å²) in [4.78, 5) is 0. The van der Waals surface area contributed by atoms with Crippen LogP contribution in [0.5, 0.6) is 0 Å². The van der Waals surface area contributed by atoms with Gasteiger partial charge in [-0.3, -0.25) is 0 Å². The van der Waals surface area contributed by atoms with Gasteiger partial charge < -0.3 is 10.6 Å². The van der Waals surface area contributed by atoms with E-state index in [1.54, 1.807) is 0 Å². The highest BCUT2D eigenvalue weighted by Gasteiger charge is 2.15. The standard InChI is InChI=1S/C18H20F2N2S/c1-12(2)10-17(13-6-4-3-5-7-13)22-18(23)21-16-9-8-14(19)11-15(16)20/h3-9,11-12,17H,10H2,1-2H3,(H2,21,22,23). The molecular formula is C18H20F2N2S. The Morgan fingerprint density at radius 1 is 1.09 bits per heavy atom. The third kappa shape index (κ3) is 5.28. The van der Waals surface area contributed by atoms with Crippen molar-refractivity contribution in [3.8, 4) is 0 Å². The van der Waals surface area contributed by atoms with Gasteiger partial charge in [0.15, 0.2) is 5.11 Å². The average molecular weight is 334 g/mol. The molecule has 0 saturated carbocycles. The van der Waals surface area contributed by atoms with Gasteiger partial charge in [-0.15, -0.1) is 0 Å². The monoisotopic (exact) mass is 334 g/mol. The lowest BCUT2D eigenvalue weighted by atomic mass is 9.97. The molecule has 1 atom stereocenters. The van der Waals surface area contributed by atoms with Gasteiger partial charge in [-0.25, -0.2) is 8.78 Å². The minimum absolute atomic E-state index is 0.0275. The lowest BCUT2D eigenvalue weighted by Gasteiger charge is -2.23. The molecular weight excluding hydrogens is 314 g/mol. The van der Waals surface area contributed by atoms with Crippen molar-refractivity contribution in [1.82, 2.24) is 5.32 Å². The van der Waals surface area contributed by atoms with Crippen LogP contribution in [-0.4, -0.2) is 5.11 Å². The summed E-state index contributed by atoms with van der Waals surface area (Å²) in [5.74, 6) is -0.818. The molecule has 2 aromatic carbocycles. The minimum atomic E-state index is -0.672. The van der Waals surface area contributed by atoms with Gasteiger partial charge in [0, 0.05) is 6.07 Å². The molecule has 2 aromatic rings. The van der Waals surface area contributed by atoms with Crippen molar-refractivity contribution in [2.75, 3.05) is 5.32 Å². The average Bonchev–Trinajstić information content (AvgIpc) is 2.50. The molecule has 2 N–H and O–H groups in total. The van der Waals surface area contributed by atoms with Crippen LogP contribution in [0.4, 0.5) is 14.5 Å². The Morgan fingerprint density at radius 3 is 2.39 bits per heavy atom. The Bertz CT molecular complexity index is 659. The molecule has 0 aliphatic carbocycles. The molecule has 0 radical (unpaired) electrons. The van der Waals surface area contributed by atoms with Crippen molar-refractivity contribution in [2.45, 2.75) is 26.3 Å². The van der Waals surface area contributed by atoms with Crippen molar-refractivity contribution in [3.05, 3.63) is 65.7 Å². The largest absolute Gasteiger partial charge is 0.356 e. The number of rotatable bonds is 5. The van der Waals surface area contributed by atoms with Crippen molar-refractivity contribution in [1.29, 1.82) is 0 Å². The molecule has 122 valence electrons. The lowest BCUT2D eigenvalue weighted by molar-refractivity contribution is 0.480. The van der Waals surface area contributed by atoms with Crippen molar-refractivity contribution in [2.24, 2.45) is 5.92 Å². The van der Waals surface area contributed by atoms with E-state index in [1.807, 2.05) is 30.3 Å². The molecule has 2 nitrogen and oxygen atoms in total. The molecule has 0 aliphatic rings. The number of hydrogen-bond donors (Lipinski definition) is 2. The Hall–Kier alpha value is -2.01. The van der Waals surface area contributed by atoms with E-state index in [9.17, 15) is 8.78 Å². The van der Waals surface area contributed by atoms with Gasteiger partial charge in [0.2, 0.25) is 0 Å². The third-order valence-corrected chi connectivity index (χ3v) is 3.61. The van der Waals surface area contributed by atoms with Gasteiger partial charge in [0.25, 0.3) is 0 Å². The van der Waals surface area contributed by atoms with E-state index in [0.29, 0.717) is 11.0 Å². The molecule has 1 unspecified atom stereocenters. The fourth-order valence-corrected chi connectivity index (χ4v) is 2.59. The maximum Gasteiger partial charge on any atom is 0.171 e. The summed E-state index contributed by atoms with van der Waals surface area (Å²) in [7, 11) is 0. The highest BCUT2D eigenvalue weighted by molar-refractivity contribution is 7.80. The van der Waals surface area contributed by atoms with Gasteiger partial charge in [-0.05, 0) is 42.3 Å². The zero-order valence-corrected chi connectivity index (χ0v) is 14.0. The number of anilines is 1. The summed E-state index contributed by atoms with van der Waals surface area (Å²) in [5, 5.41) is 6.31. The van der Waals surface area contributed by atoms with E-state index < -0.39 is 11.6 Å². The second kappa shape index (κ2) is 8.02. The first kappa shape index (κ1) is 17.3. The number of thiocarbonyl (C=S) groups is 1. The van der Waals surface area contributed by atoms with Gasteiger partial charge in [0.05, 0.1) is 11.7 Å². The normalized spacial score (nSPS) is 12.0. The number of hydrogen-bond acceptors (Lipinski definition) is 1. The van der Waals surface area contributed by atoms with Crippen LogP contribution >= 0.6 is 12.2 Å². The van der Waals surface area contributed by atoms with Gasteiger partial charge in [-0.1, -0.05) is 44.2 Å². The summed E-state index contributed by atoms with van der Waals surface area (Å²) in [6.45, 7) is 4.27. The molecule has 5 heteroatoms. The molecule has 0 fully saturated rings. The van der Waals surface area contributed by atoms with E-state index in [0.717, 1.165) is 18.1 Å². The van der Waals surface area contributed by atoms with E-state index >= 15 is 0 Å². The van der Waals surface area contributed by atoms with Crippen LogP contribution in [-0.2, 0) is 0 Å². The summed E-state index contributed by atoms with van der Waals surface area (Å²) in [5.41, 5.74) is 1.27. The Balaban J connectivity index is 2.08. The molecule has 0 amide bonds. The van der Waals surface area contributed by atoms with Crippen LogP contribution in [0, 0.1) is 17.6 Å². The fraction of sp³-hybridized carbons (Fsp3) is 0.278. The summed E-state index contributed by atoms with van der Waals surface area (Å²) >= 11 is 5.27. The van der Waals surface area contributed by atoms with E-state index in [2.05, 4.69) is 24.5 Å². The molecule has 0 aliphatic heterocycles. The van der Waals surface area contributed by atoms with Crippen molar-refractivity contribution >= 4 is 23.0 Å². The molecule has 0 heterocycles. The van der Waals surface area contributed by atoms with Crippen molar-refractivity contribution in [3.63, 3.8) is 0 Å². The summed E-state index contributed by atoms with van der Waals surface area (Å²) < 4.78 is 26.6. The number of benzene rings is 2. The lowest BCUT2D eigenvalue weighted by Crippen LogP contribution is -2.33. The van der Waals surface area contributed by atoms with Gasteiger partial charge >= 0.3 is 0 Å². The Morgan fingerprint density at radius 2 is 1.78 bits per heavy atom. The van der Waals surface area contributed by atoms with Crippen LogP contribution in [0.3, 0.4) is 0 Å². The van der Waals surface area contributed by atoms with Crippen LogP contribution in [0.2, 0.25) is 0 Å². The first-order valence-corrected chi connectivity index (χ1v) is 7.94. The second-order valence-electron chi connectivity index (χ2n) is 5.82. The Labute approximate surface area is 140 Å². The predicted octanol–water partition coefficient (Wildman–Crippen LogP) is 5.04. The number of nitrogens with one attached hydrogen (secondary N) is 2. The molecule has 0 spiro atoms. The van der Waals surface area contributed by atoms with E-state index in [1.165, 1.54) is 12.1 Å². The number of halogens is 2. The van der Waals surface area contributed by atoms with Gasteiger partial charge in [0.1, 0.15) is 11.6 Å². The molecule has 0 bridgehead atoms. The summed E-state index contributed by atoms with van der Waals surface area (Å²) in [6.07, 6.45) is 0.887. The summed E-state index contributed by atoms with van der Waals surface area (Å²) in [6, 6.07) is 13.3. The van der Waals surface area contributed by atoms with E-state index in [-0.39, 0.29) is 11.7 Å². The minimum Gasteiger partial charge on any atom is -0.356 e. The fourth-order valence-electron chi connectivity index (χ4n) is 2.34. The predicted molar refractivity (Wildman–Crippen MR) is 94.4 cm³/mol. The molecule has 0 saturated heterocycles. The first-order valence-electron chi connectivity index (χ1n) is 7.53. The molecule has 23 heavy (non-hydrogen) atoms. The van der Waals surface area contributed by atoms with Crippen molar-refractivity contribution < 1.29 is 8.78 Å².